The van der Waals surface area contributed by atoms with Gasteiger partial charge in [-0.05, 0) is 6.42 Å². The quantitative estimate of drug-likeness (QED) is 0.536. The average molecular weight is 132 g/mol. The SMILES string of the molecule is CO[C@@H]1CCOC[C@H]1O. The van der Waals surface area contributed by atoms with Gasteiger partial charge in [0.1, 0.15) is 6.10 Å². The summed E-state index contributed by atoms with van der Waals surface area (Å²) in [6.45, 7) is 1.12. The molecule has 0 amide bonds. The molecule has 0 aromatic carbocycles. The summed E-state index contributed by atoms with van der Waals surface area (Å²) >= 11 is 0. The average Bonchev–Trinajstić information content (AvgIpc) is 1.89. The van der Waals surface area contributed by atoms with Gasteiger partial charge in [-0.2, -0.15) is 0 Å². The van der Waals surface area contributed by atoms with Gasteiger partial charge in [0, 0.05) is 13.7 Å². The molecule has 3 nitrogen and oxygen atoms in total. The molecule has 9 heavy (non-hydrogen) atoms. The smallest absolute Gasteiger partial charge is 0.103 e. The summed E-state index contributed by atoms with van der Waals surface area (Å²) in [5.74, 6) is 0. The third-order valence-corrected chi connectivity index (χ3v) is 1.57. The number of hydrogen-bond acceptors (Lipinski definition) is 3. The summed E-state index contributed by atoms with van der Waals surface area (Å²) in [6, 6.07) is 0. The van der Waals surface area contributed by atoms with Crippen molar-refractivity contribution in [2.75, 3.05) is 20.3 Å². The Kier molecular flexibility index (Phi) is 2.45. The molecular formula is C6H12O3. The predicted molar refractivity (Wildman–Crippen MR) is 32.2 cm³/mol. The minimum atomic E-state index is -0.427. The zero-order valence-electron chi connectivity index (χ0n) is 5.54. The van der Waals surface area contributed by atoms with E-state index in [0.717, 1.165) is 6.42 Å². The van der Waals surface area contributed by atoms with Crippen molar-refractivity contribution in [2.24, 2.45) is 0 Å². The van der Waals surface area contributed by atoms with E-state index in [1.807, 2.05) is 0 Å². The van der Waals surface area contributed by atoms with Crippen molar-refractivity contribution in [2.45, 2.75) is 18.6 Å². The van der Waals surface area contributed by atoms with E-state index in [2.05, 4.69) is 0 Å². The third kappa shape index (κ3) is 1.64. The number of rotatable bonds is 1. The van der Waals surface area contributed by atoms with Crippen LogP contribution in [-0.4, -0.2) is 37.6 Å². The standard InChI is InChI=1S/C6H12O3/c1-8-6-2-3-9-4-5(6)7/h5-7H,2-4H2,1H3/t5-,6-/m1/s1. The van der Waals surface area contributed by atoms with Crippen LogP contribution in [0.25, 0.3) is 0 Å². The second-order valence-corrected chi connectivity index (χ2v) is 2.21. The van der Waals surface area contributed by atoms with Crippen LogP contribution in [0.5, 0.6) is 0 Å². The lowest BCUT2D eigenvalue weighted by atomic mass is 10.1. The fourth-order valence-electron chi connectivity index (χ4n) is 0.978. The van der Waals surface area contributed by atoms with Crippen molar-refractivity contribution in [3.8, 4) is 0 Å². The van der Waals surface area contributed by atoms with Gasteiger partial charge in [0.15, 0.2) is 0 Å². The highest BCUT2D eigenvalue weighted by molar-refractivity contribution is 4.71. The highest BCUT2D eigenvalue weighted by Gasteiger charge is 2.22. The van der Waals surface area contributed by atoms with Crippen molar-refractivity contribution in [1.82, 2.24) is 0 Å². The maximum Gasteiger partial charge on any atom is 0.103 e. The number of ether oxygens (including phenoxy) is 2. The molecule has 0 aromatic heterocycles. The highest BCUT2D eigenvalue weighted by Crippen LogP contribution is 2.09. The molecule has 2 atom stereocenters. The maximum absolute atomic E-state index is 9.12. The van der Waals surface area contributed by atoms with Crippen LogP contribution in [0, 0.1) is 0 Å². The van der Waals surface area contributed by atoms with E-state index in [4.69, 9.17) is 14.6 Å². The van der Waals surface area contributed by atoms with E-state index in [9.17, 15) is 0 Å². The van der Waals surface area contributed by atoms with E-state index >= 15 is 0 Å². The van der Waals surface area contributed by atoms with Gasteiger partial charge in [-0.3, -0.25) is 0 Å². The Morgan fingerprint density at radius 3 is 2.89 bits per heavy atom. The first-order valence-electron chi connectivity index (χ1n) is 3.13. The van der Waals surface area contributed by atoms with Crippen LogP contribution in [0.15, 0.2) is 0 Å². The molecule has 0 aromatic rings. The van der Waals surface area contributed by atoms with Crippen molar-refractivity contribution < 1.29 is 14.6 Å². The molecule has 0 aliphatic carbocycles. The number of hydrogen-bond donors (Lipinski definition) is 1. The Hall–Kier alpha value is -0.120. The van der Waals surface area contributed by atoms with Crippen LogP contribution in [0.2, 0.25) is 0 Å². The summed E-state index contributed by atoms with van der Waals surface area (Å²) in [5.41, 5.74) is 0. The molecule has 1 N–H and O–H groups in total. The Morgan fingerprint density at radius 1 is 1.67 bits per heavy atom. The van der Waals surface area contributed by atoms with Gasteiger partial charge in [-0.25, -0.2) is 0 Å². The van der Waals surface area contributed by atoms with Gasteiger partial charge in [-0.1, -0.05) is 0 Å². The van der Waals surface area contributed by atoms with Gasteiger partial charge in [0.05, 0.1) is 12.7 Å². The Bertz CT molecular complexity index is 84.4. The molecule has 0 unspecified atom stereocenters. The van der Waals surface area contributed by atoms with Crippen LogP contribution >= 0.6 is 0 Å². The first-order valence-corrected chi connectivity index (χ1v) is 3.13. The van der Waals surface area contributed by atoms with Crippen LogP contribution in [0.1, 0.15) is 6.42 Å². The van der Waals surface area contributed by atoms with Crippen LogP contribution in [-0.2, 0) is 9.47 Å². The molecule has 0 spiro atoms. The summed E-state index contributed by atoms with van der Waals surface area (Å²) in [5, 5.41) is 9.12. The van der Waals surface area contributed by atoms with Gasteiger partial charge in [0.2, 0.25) is 0 Å². The largest absolute Gasteiger partial charge is 0.388 e. The van der Waals surface area contributed by atoms with E-state index in [0.29, 0.717) is 13.2 Å². The topological polar surface area (TPSA) is 38.7 Å². The Balaban J connectivity index is 2.30. The van der Waals surface area contributed by atoms with Crippen LogP contribution in [0.3, 0.4) is 0 Å². The second-order valence-electron chi connectivity index (χ2n) is 2.21. The van der Waals surface area contributed by atoms with Crippen molar-refractivity contribution >= 4 is 0 Å². The lowest BCUT2D eigenvalue weighted by Crippen LogP contribution is -2.37. The molecule has 1 rings (SSSR count). The molecule has 3 heteroatoms. The lowest BCUT2D eigenvalue weighted by Gasteiger charge is -2.25. The zero-order chi connectivity index (χ0) is 6.69. The number of methoxy groups -OCH3 is 1. The summed E-state index contributed by atoms with van der Waals surface area (Å²) in [4.78, 5) is 0. The van der Waals surface area contributed by atoms with Crippen molar-refractivity contribution in [3.63, 3.8) is 0 Å². The molecule has 0 saturated carbocycles. The van der Waals surface area contributed by atoms with E-state index < -0.39 is 6.10 Å². The fraction of sp³-hybridized carbons (Fsp3) is 1.00. The molecule has 0 bridgehead atoms. The van der Waals surface area contributed by atoms with Crippen molar-refractivity contribution in [3.05, 3.63) is 0 Å². The van der Waals surface area contributed by atoms with Gasteiger partial charge >= 0.3 is 0 Å². The number of aliphatic hydroxyl groups excluding tert-OH is 1. The molecule has 1 fully saturated rings. The van der Waals surface area contributed by atoms with Crippen molar-refractivity contribution in [1.29, 1.82) is 0 Å². The molecule has 1 aliphatic rings. The minimum Gasteiger partial charge on any atom is -0.388 e. The first-order chi connectivity index (χ1) is 4.34. The normalized spacial score (nSPS) is 36.7. The Morgan fingerprint density at radius 2 is 2.44 bits per heavy atom. The summed E-state index contributed by atoms with van der Waals surface area (Å²) < 4.78 is 9.96. The molecule has 1 heterocycles. The molecule has 1 saturated heterocycles. The van der Waals surface area contributed by atoms with E-state index in [1.54, 1.807) is 7.11 Å². The van der Waals surface area contributed by atoms with Crippen LogP contribution < -0.4 is 0 Å². The maximum atomic E-state index is 9.12. The molecule has 54 valence electrons. The van der Waals surface area contributed by atoms with Gasteiger partial charge in [0.25, 0.3) is 0 Å². The molecule has 0 radical (unpaired) electrons. The first kappa shape index (κ1) is 6.99. The van der Waals surface area contributed by atoms with Gasteiger partial charge < -0.3 is 14.6 Å². The predicted octanol–water partition coefficient (Wildman–Crippen LogP) is -0.217. The minimum absolute atomic E-state index is 0.0150. The molecular weight excluding hydrogens is 120 g/mol. The van der Waals surface area contributed by atoms with Crippen LogP contribution in [0.4, 0.5) is 0 Å². The Labute approximate surface area is 54.6 Å². The fourth-order valence-corrected chi connectivity index (χ4v) is 0.978. The molecule has 1 aliphatic heterocycles. The monoisotopic (exact) mass is 132 g/mol. The zero-order valence-corrected chi connectivity index (χ0v) is 5.54. The summed E-state index contributed by atoms with van der Waals surface area (Å²) in [7, 11) is 1.61. The van der Waals surface area contributed by atoms with Gasteiger partial charge in [-0.15, -0.1) is 0 Å². The summed E-state index contributed by atoms with van der Waals surface area (Å²) in [6.07, 6.45) is 0.361. The number of aliphatic hydroxyl groups is 1. The van der Waals surface area contributed by atoms with E-state index in [-0.39, 0.29) is 6.10 Å². The lowest BCUT2D eigenvalue weighted by molar-refractivity contribution is -0.100. The third-order valence-electron chi connectivity index (χ3n) is 1.57. The van der Waals surface area contributed by atoms with E-state index in [1.165, 1.54) is 0 Å². The highest BCUT2D eigenvalue weighted by atomic mass is 16.5. The second kappa shape index (κ2) is 3.15.